The molecular formula is C19H23BrN2O. The highest BCUT2D eigenvalue weighted by Crippen LogP contribution is 2.13. The van der Waals surface area contributed by atoms with E-state index in [-0.39, 0.29) is 11.9 Å². The molecule has 0 saturated carbocycles. The largest absolute Gasteiger partial charge is 0.351 e. The maximum atomic E-state index is 12.3. The molecule has 0 heterocycles. The summed E-state index contributed by atoms with van der Waals surface area (Å²) in [5, 5.41) is 3.01. The van der Waals surface area contributed by atoms with Crippen LogP contribution in [-0.2, 0) is 17.9 Å². The van der Waals surface area contributed by atoms with Gasteiger partial charge >= 0.3 is 0 Å². The number of likely N-dealkylation sites (N-methyl/N-ethyl adjacent to an activating group) is 1. The third-order valence-electron chi connectivity index (χ3n) is 3.97. The number of amides is 1. The molecule has 0 aromatic heterocycles. The lowest BCUT2D eigenvalue weighted by Crippen LogP contribution is -2.42. The van der Waals surface area contributed by atoms with Gasteiger partial charge in [0.25, 0.3) is 0 Å². The molecule has 1 amide bonds. The van der Waals surface area contributed by atoms with E-state index in [2.05, 4.69) is 52.4 Å². The Bertz CT molecular complexity index is 637. The highest BCUT2D eigenvalue weighted by Gasteiger charge is 2.17. The number of hydrogen-bond acceptors (Lipinski definition) is 2. The highest BCUT2D eigenvalue weighted by molar-refractivity contribution is 9.10. The van der Waals surface area contributed by atoms with Crippen LogP contribution in [0.5, 0.6) is 0 Å². The molecule has 2 aromatic rings. The van der Waals surface area contributed by atoms with E-state index in [4.69, 9.17) is 0 Å². The van der Waals surface area contributed by atoms with Crippen molar-refractivity contribution in [3.05, 3.63) is 69.7 Å². The summed E-state index contributed by atoms with van der Waals surface area (Å²) in [7, 11) is 1.97. The first kappa shape index (κ1) is 17.7. The van der Waals surface area contributed by atoms with Gasteiger partial charge in [-0.2, -0.15) is 0 Å². The van der Waals surface area contributed by atoms with Crippen molar-refractivity contribution in [1.29, 1.82) is 0 Å². The normalized spacial score (nSPS) is 12.2. The summed E-state index contributed by atoms with van der Waals surface area (Å²) in [6, 6.07) is 16.2. The van der Waals surface area contributed by atoms with Gasteiger partial charge in [0.2, 0.25) is 5.91 Å². The van der Waals surface area contributed by atoms with Crippen LogP contribution in [0.4, 0.5) is 0 Å². The van der Waals surface area contributed by atoms with Crippen molar-refractivity contribution in [2.24, 2.45) is 0 Å². The summed E-state index contributed by atoms with van der Waals surface area (Å²) in [6.45, 7) is 5.30. The maximum Gasteiger partial charge on any atom is 0.237 e. The molecule has 0 aliphatic carbocycles. The van der Waals surface area contributed by atoms with Gasteiger partial charge in [-0.25, -0.2) is 0 Å². The minimum atomic E-state index is -0.177. The highest BCUT2D eigenvalue weighted by atomic mass is 79.9. The van der Waals surface area contributed by atoms with E-state index in [0.29, 0.717) is 6.54 Å². The lowest BCUT2D eigenvalue weighted by atomic mass is 10.1. The van der Waals surface area contributed by atoms with Gasteiger partial charge in [0, 0.05) is 17.6 Å². The summed E-state index contributed by atoms with van der Waals surface area (Å²) in [5.74, 6) is 0.0465. The van der Waals surface area contributed by atoms with Crippen LogP contribution in [-0.4, -0.2) is 23.9 Å². The summed E-state index contributed by atoms with van der Waals surface area (Å²) >= 11 is 3.43. The van der Waals surface area contributed by atoms with Crippen molar-refractivity contribution in [3.8, 4) is 0 Å². The zero-order chi connectivity index (χ0) is 16.8. The fourth-order valence-electron chi connectivity index (χ4n) is 2.26. The number of carbonyl (C=O) groups is 1. The Morgan fingerprint density at radius 1 is 1.09 bits per heavy atom. The Labute approximate surface area is 146 Å². The van der Waals surface area contributed by atoms with Crippen molar-refractivity contribution >= 4 is 21.8 Å². The Kier molecular flexibility index (Phi) is 6.37. The number of benzene rings is 2. The van der Waals surface area contributed by atoms with Crippen molar-refractivity contribution in [3.63, 3.8) is 0 Å². The van der Waals surface area contributed by atoms with E-state index in [0.717, 1.165) is 16.6 Å². The van der Waals surface area contributed by atoms with Gasteiger partial charge in [-0.3, -0.25) is 9.69 Å². The molecule has 4 heteroatoms. The minimum Gasteiger partial charge on any atom is -0.351 e. The topological polar surface area (TPSA) is 32.3 Å². The Hall–Kier alpha value is -1.65. The number of aryl methyl sites for hydroxylation is 1. The molecule has 23 heavy (non-hydrogen) atoms. The molecule has 0 fully saturated rings. The summed E-state index contributed by atoms with van der Waals surface area (Å²) in [4.78, 5) is 14.4. The molecule has 0 aliphatic rings. The molecule has 0 saturated heterocycles. The van der Waals surface area contributed by atoms with Crippen LogP contribution in [0, 0.1) is 6.92 Å². The fraction of sp³-hybridized carbons (Fsp3) is 0.316. The van der Waals surface area contributed by atoms with E-state index in [1.807, 2.05) is 43.1 Å². The molecule has 0 bridgehead atoms. The lowest BCUT2D eigenvalue weighted by Gasteiger charge is -2.24. The molecule has 0 spiro atoms. The van der Waals surface area contributed by atoms with Crippen LogP contribution in [0.1, 0.15) is 23.6 Å². The Balaban J connectivity index is 1.85. The van der Waals surface area contributed by atoms with Crippen molar-refractivity contribution in [1.82, 2.24) is 10.2 Å². The second-order valence-corrected chi connectivity index (χ2v) is 6.84. The SMILES string of the molecule is Cc1ccc(CNC(=O)C(C)N(C)Cc2ccc(Br)cc2)cc1. The number of halogens is 1. The zero-order valence-corrected chi connectivity index (χ0v) is 15.4. The van der Waals surface area contributed by atoms with Crippen LogP contribution < -0.4 is 5.32 Å². The average molecular weight is 375 g/mol. The van der Waals surface area contributed by atoms with E-state index in [9.17, 15) is 4.79 Å². The molecule has 122 valence electrons. The summed E-state index contributed by atoms with van der Waals surface area (Å²) in [5.41, 5.74) is 3.53. The van der Waals surface area contributed by atoms with Crippen LogP contribution in [0.25, 0.3) is 0 Å². The molecule has 1 unspecified atom stereocenters. The van der Waals surface area contributed by atoms with E-state index < -0.39 is 0 Å². The lowest BCUT2D eigenvalue weighted by molar-refractivity contribution is -0.125. The third kappa shape index (κ3) is 5.48. The number of hydrogen-bond donors (Lipinski definition) is 1. The van der Waals surface area contributed by atoms with Crippen molar-refractivity contribution < 1.29 is 4.79 Å². The molecule has 0 aliphatic heterocycles. The van der Waals surface area contributed by atoms with Crippen LogP contribution in [0.3, 0.4) is 0 Å². The van der Waals surface area contributed by atoms with Crippen LogP contribution in [0.2, 0.25) is 0 Å². The second kappa shape index (κ2) is 8.27. The van der Waals surface area contributed by atoms with Gasteiger partial charge in [0.1, 0.15) is 0 Å². The summed E-state index contributed by atoms with van der Waals surface area (Å²) in [6.07, 6.45) is 0. The Morgan fingerprint density at radius 2 is 1.65 bits per heavy atom. The average Bonchev–Trinajstić information content (AvgIpc) is 2.55. The van der Waals surface area contributed by atoms with Gasteiger partial charge in [0.15, 0.2) is 0 Å². The summed E-state index contributed by atoms with van der Waals surface area (Å²) < 4.78 is 1.06. The van der Waals surface area contributed by atoms with Gasteiger partial charge in [-0.1, -0.05) is 57.9 Å². The predicted molar refractivity (Wildman–Crippen MR) is 98.1 cm³/mol. The first-order valence-electron chi connectivity index (χ1n) is 7.73. The minimum absolute atomic E-state index is 0.0465. The van der Waals surface area contributed by atoms with Gasteiger partial charge < -0.3 is 5.32 Å². The van der Waals surface area contributed by atoms with Crippen LogP contribution >= 0.6 is 15.9 Å². The molecule has 3 nitrogen and oxygen atoms in total. The smallest absolute Gasteiger partial charge is 0.237 e. The molecule has 2 rings (SSSR count). The van der Waals surface area contributed by atoms with Gasteiger partial charge in [0.05, 0.1) is 6.04 Å². The number of nitrogens with zero attached hydrogens (tertiary/aromatic N) is 1. The predicted octanol–water partition coefficient (Wildman–Crippen LogP) is 3.89. The molecule has 1 N–H and O–H groups in total. The van der Waals surface area contributed by atoms with Gasteiger partial charge in [-0.05, 0) is 44.2 Å². The molecule has 2 aromatic carbocycles. The quantitative estimate of drug-likeness (QED) is 0.831. The van der Waals surface area contributed by atoms with E-state index in [1.54, 1.807) is 0 Å². The number of rotatable bonds is 6. The van der Waals surface area contributed by atoms with E-state index in [1.165, 1.54) is 11.1 Å². The molecule has 1 atom stereocenters. The number of carbonyl (C=O) groups excluding carboxylic acids is 1. The van der Waals surface area contributed by atoms with Crippen LogP contribution in [0.15, 0.2) is 53.0 Å². The third-order valence-corrected chi connectivity index (χ3v) is 4.50. The molecular weight excluding hydrogens is 352 g/mol. The first-order chi connectivity index (χ1) is 11.0. The Morgan fingerprint density at radius 3 is 2.26 bits per heavy atom. The second-order valence-electron chi connectivity index (χ2n) is 5.92. The molecule has 0 radical (unpaired) electrons. The monoisotopic (exact) mass is 374 g/mol. The standard InChI is InChI=1S/C19H23BrN2O/c1-14-4-6-16(7-5-14)12-21-19(23)15(2)22(3)13-17-8-10-18(20)11-9-17/h4-11,15H,12-13H2,1-3H3,(H,21,23). The van der Waals surface area contributed by atoms with Crippen molar-refractivity contribution in [2.75, 3.05) is 7.05 Å². The van der Waals surface area contributed by atoms with Gasteiger partial charge in [-0.15, -0.1) is 0 Å². The van der Waals surface area contributed by atoms with E-state index >= 15 is 0 Å². The maximum absolute atomic E-state index is 12.3. The number of nitrogens with one attached hydrogen (secondary N) is 1. The fourth-order valence-corrected chi connectivity index (χ4v) is 2.52. The first-order valence-corrected chi connectivity index (χ1v) is 8.53. The zero-order valence-electron chi connectivity index (χ0n) is 13.8. The van der Waals surface area contributed by atoms with Crippen molar-refractivity contribution in [2.45, 2.75) is 33.0 Å².